The van der Waals surface area contributed by atoms with Gasteiger partial charge in [0.25, 0.3) is 5.82 Å². The van der Waals surface area contributed by atoms with E-state index in [9.17, 15) is 4.79 Å². The minimum absolute atomic E-state index is 0.196. The maximum absolute atomic E-state index is 11.2. The van der Waals surface area contributed by atoms with Gasteiger partial charge in [-0.2, -0.15) is 0 Å². The van der Waals surface area contributed by atoms with E-state index in [1.807, 2.05) is 0 Å². The lowest BCUT2D eigenvalue weighted by Crippen LogP contribution is -2.31. The summed E-state index contributed by atoms with van der Waals surface area (Å²) in [5.74, 6) is 3.00. The van der Waals surface area contributed by atoms with Crippen molar-refractivity contribution in [3.8, 4) is 5.75 Å². The van der Waals surface area contributed by atoms with Crippen molar-refractivity contribution in [2.24, 2.45) is 7.05 Å². The summed E-state index contributed by atoms with van der Waals surface area (Å²) in [7, 11) is 4.22. The van der Waals surface area contributed by atoms with Crippen molar-refractivity contribution in [2.45, 2.75) is 26.3 Å². The van der Waals surface area contributed by atoms with Crippen LogP contribution in [0.4, 0.5) is 5.69 Å². The number of anilines is 1. The Morgan fingerprint density at radius 3 is 2.87 bits per heavy atom. The van der Waals surface area contributed by atoms with E-state index in [2.05, 4.69) is 82.7 Å². The molecule has 6 heteroatoms. The van der Waals surface area contributed by atoms with Crippen LogP contribution in [0.2, 0.25) is 0 Å². The van der Waals surface area contributed by atoms with Gasteiger partial charge in [0.1, 0.15) is 12.4 Å². The molecular formula is C25H30N3O2S+. The number of carbonyl (C=O) groups excluding carboxylic acids is 1. The molecule has 4 rings (SSSR count). The van der Waals surface area contributed by atoms with Gasteiger partial charge in [0, 0.05) is 25.8 Å². The quantitative estimate of drug-likeness (QED) is 0.403. The molecule has 0 saturated carbocycles. The third kappa shape index (κ3) is 4.79. The van der Waals surface area contributed by atoms with Crippen LogP contribution in [0.1, 0.15) is 31.2 Å². The molecule has 2 heterocycles. The number of nitrogens with zero attached hydrogens (tertiary/aromatic N) is 3. The molecule has 5 nitrogen and oxygen atoms in total. The van der Waals surface area contributed by atoms with E-state index in [-0.39, 0.29) is 5.12 Å². The van der Waals surface area contributed by atoms with Crippen molar-refractivity contribution in [1.82, 2.24) is 4.57 Å². The number of hydrogen-bond donors (Lipinski definition) is 0. The van der Waals surface area contributed by atoms with Gasteiger partial charge in [0.2, 0.25) is 0 Å². The van der Waals surface area contributed by atoms with Crippen LogP contribution >= 0.6 is 11.8 Å². The van der Waals surface area contributed by atoms with Crippen LogP contribution in [0.15, 0.2) is 42.5 Å². The number of para-hydroxylation sites is 2. The summed E-state index contributed by atoms with van der Waals surface area (Å²) in [4.78, 5) is 13.4. The van der Waals surface area contributed by atoms with Crippen LogP contribution in [-0.2, 0) is 18.4 Å². The molecular weight excluding hydrogens is 406 g/mol. The van der Waals surface area contributed by atoms with Gasteiger partial charge in [-0.15, -0.1) is 0 Å². The number of ether oxygens (including phenoxy) is 1. The molecule has 1 aliphatic rings. The highest BCUT2D eigenvalue weighted by Crippen LogP contribution is 2.32. The molecule has 0 saturated heterocycles. The fourth-order valence-corrected chi connectivity index (χ4v) is 4.71. The number of carbonyl (C=O) groups is 1. The molecule has 0 aliphatic carbocycles. The zero-order valence-electron chi connectivity index (χ0n) is 18.5. The molecule has 31 heavy (non-hydrogen) atoms. The lowest BCUT2D eigenvalue weighted by molar-refractivity contribution is -0.647. The van der Waals surface area contributed by atoms with E-state index in [1.54, 1.807) is 6.92 Å². The third-order valence-electron chi connectivity index (χ3n) is 5.74. The standard InChI is InChI=1S/C25H30N3O2S/c1-19(29)31-17-7-6-14-28-22-9-5-4-8-21(22)27(3)25(28)13-11-20-10-12-23-24(18-20)30-16-15-26(23)2/h4-5,8-13,18H,6-7,14-17H2,1-3H3/q+1. The number of imidazole rings is 1. The Bertz CT molecular complexity index is 1120. The third-order valence-corrected chi connectivity index (χ3v) is 6.64. The van der Waals surface area contributed by atoms with Crippen molar-refractivity contribution in [1.29, 1.82) is 0 Å². The summed E-state index contributed by atoms with van der Waals surface area (Å²) >= 11 is 1.42. The monoisotopic (exact) mass is 436 g/mol. The number of hydrogen-bond acceptors (Lipinski definition) is 4. The number of fused-ring (bicyclic) bond motifs is 2. The smallest absolute Gasteiger partial charge is 0.282 e. The normalized spacial score (nSPS) is 13.6. The lowest BCUT2D eigenvalue weighted by Gasteiger charge is -2.27. The minimum Gasteiger partial charge on any atom is -0.490 e. The van der Waals surface area contributed by atoms with Crippen molar-refractivity contribution in [3.63, 3.8) is 0 Å². The van der Waals surface area contributed by atoms with Gasteiger partial charge in [0.15, 0.2) is 16.1 Å². The van der Waals surface area contributed by atoms with Crippen LogP contribution in [0.5, 0.6) is 5.75 Å². The summed E-state index contributed by atoms with van der Waals surface area (Å²) in [6.07, 6.45) is 6.42. The maximum Gasteiger partial charge on any atom is 0.282 e. The molecule has 2 aromatic carbocycles. The van der Waals surface area contributed by atoms with Gasteiger partial charge >= 0.3 is 0 Å². The topological polar surface area (TPSA) is 38.4 Å². The molecule has 3 aromatic rings. The number of unbranched alkanes of at least 4 members (excludes halogenated alkanes) is 1. The van der Waals surface area contributed by atoms with Crippen LogP contribution < -0.4 is 14.2 Å². The predicted octanol–water partition coefficient (Wildman–Crippen LogP) is 4.52. The van der Waals surface area contributed by atoms with Gasteiger partial charge in [-0.3, -0.25) is 4.79 Å². The van der Waals surface area contributed by atoms with Gasteiger partial charge < -0.3 is 9.64 Å². The van der Waals surface area contributed by atoms with Crippen LogP contribution in [0.25, 0.3) is 23.2 Å². The molecule has 1 aliphatic heterocycles. The van der Waals surface area contributed by atoms with Crippen LogP contribution in [0.3, 0.4) is 0 Å². The fourth-order valence-electron chi connectivity index (χ4n) is 4.08. The van der Waals surface area contributed by atoms with Gasteiger partial charge in [-0.1, -0.05) is 30.0 Å². The molecule has 0 radical (unpaired) electrons. The first-order valence-electron chi connectivity index (χ1n) is 10.8. The highest BCUT2D eigenvalue weighted by atomic mass is 32.2. The second kappa shape index (κ2) is 9.60. The first kappa shape index (κ1) is 21.5. The van der Waals surface area contributed by atoms with E-state index in [0.29, 0.717) is 0 Å². The molecule has 0 bridgehead atoms. The second-order valence-corrected chi connectivity index (χ2v) is 9.21. The van der Waals surface area contributed by atoms with E-state index in [0.717, 1.165) is 61.1 Å². The average molecular weight is 437 g/mol. The summed E-state index contributed by atoms with van der Waals surface area (Å²) < 4.78 is 10.5. The number of aryl methyl sites for hydroxylation is 2. The predicted molar refractivity (Wildman–Crippen MR) is 130 cm³/mol. The molecule has 1 aromatic heterocycles. The molecule has 0 spiro atoms. The second-order valence-electron chi connectivity index (χ2n) is 7.94. The number of rotatable bonds is 7. The maximum atomic E-state index is 11.2. The molecule has 0 N–H and O–H groups in total. The molecule has 0 amide bonds. The number of likely N-dealkylation sites (N-methyl/N-ethyl adjacent to an activating group) is 1. The highest BCUT2D eigenvalue weighted by Gasteiger charge is 2.20. The Morgan fingerprint density at radius 1 is 1.19 bits per heavy atom. The van der Waals surface area contributed by atoms with E-state index >= 15 is 0 Å². The van der Waals surface area contributed by atoms with E-state index in [4.69, 9.17) is 4.74 Å². The van der Waals surface area contributed by atoms with Gasteiger partial charge in [-0.25, -0.2) is 9.13 Å². The van der Waals surface area contributed by atoms with Crippen molar-refractivity contribution in [2.75, 3.05) is 30.9 Å². The molecule has 0 fully saturated rings. The lowest BCUT2D eigenvalue weighted by atomic mass is 10.1. The Morgan fingerprint density at radius 2 is 2.03 bits per heavy atom. The Kier molecular flexibility index (Phi) is 6.66. The summed E-state index contributed by atoms with van der Waals surface area (Å²) in [5.41, 5.74) is 4.73. The van der Waals surface area contributed by atoms with Crippen LogP contribution in [0, 0.1) is 0 Å². The number of aromatic nitrogens is 2. The van der Waals surface area contributed by atoms with Crippen molar-refractivity contribution < 1.29 is 14.1 Å². The molecule has 0 atom stereocenters. The highest BCUT2D eigenvalue weighted by molar-refractivity contribution is 8.13. The fraction of sp³-hybridized carbons (Fsp3) is 0.360. The van der Waals surface area contributed by atoms with E-state index < -0.39 is 0 Å². The Hall–Kier alpha value is -2.73. The van der Waals surface area contributed by atoms with Crippen molar-refractivity contribution in [3.05, 3.63) is 53.9 Å². The zero-order valence-corrected chi connectivity index (χ0v) is 19.3. The zero-order chi connectivity index (χ0) is 21.8. The number of benzene rings is 2. The summed E-state index contributed by atoms with van der Waals surface area (Å²) in [6, 6.07) is 14.9. The SMILES string of the molecule is CC(=O)SCCCCn1c(/C=C/c2ccc3c(c2)OCCN3C)[n+](C)c2ccccc21. The van der Waals surface area contributed by atoms with E-state index in [1.165, 1.54) is 22.8 Å². The van der Waals surface area contributed by atoms with Crippen molar-refractivity contribution >= 4 is 45.7 Å². The molecule has 0 unspecified atom stereocenters. The minimum atomic E-state index is 0.196. The first-order chi connectivity index (χ1) is 15.0. The Balaban J connectivity index is 1.59. The Labute approximate surface area is 188 Å². The number of thioether (sulfide) groups is 1. The van der Waals surface area contributed by atoms with Crippen LogP contribution in [-0.4, -0.2) is 35.6 Å². The molecule has 162 valence electrons. The summed E-state index contributed by atoms with van der Waals surface area (Å²) in [5, 5.41) is 0.196. The summed E-state index contributed by atoms with van der Waals surface area (Å²) in [6.45, 7) is 4.21. The van der Waals surface area contributed by atoms with Gasteiger partial charge in [0.05, 0.1) is 25.8 Å². The average Bonchev–Trinajstić information content (AvgIpc) is 3.03. The first-order valence-corrected chi connectivity index (χ1v) is 11.8. The van der Waals surface area contributed by atoms with Gasteiger partial charge in [-0.05, 0) is 48.7 Å². The largest absolute Gasteiger partial charge is 0.490 e.